The molecule has 1 aromatic rings. The number of methoxy groups -OCH3 is 1. The Kier molecular flexibility index (Phi) is 3.32. The van der Waals surface area contributed by atoms with Crippen LogP contribution in [0.2, 0.25) is 4.34 Å². The molecule has 0 amide bonds. The molecule has 0 bridgehead atoms. The monoisotopic (exact) mass is 244 g/mol. The quantitative estimate of drug-likeness (QED) is 0.759. The van der Waals surface area contributed by atoms with Crippen LogP contribution in [-0.2, 0) is 9.53 Å². The smallest absolute Gasteiger partial charge is 0.306 e. The summed E-state index contributed by atoms with van der Waals surface area (Å²) in [4.78, 5) is 12.5. The van der Waals surface area contributed by atoms with E-state index < -0.39 is 0 Å². The third-order valence-electron chi connectivity index (χ3n) is 2.76. The first kappa shape index (κ1) is 11.0. The van der Waals surface area contributed by atoms with Gasteiger partial charge in [0, 0.05) is 10.8 Å². The van der Waals surface area contributed by atoms with Gasteiger partial charge >= 0.3 is 5.97 Å². The lowest BCUT2D eigenvalue weighted by Gasteiger charge is -2.12. The second-order valence-electron chi connectivity index (χ2n) is 3.87. The molecule has 1 aliphatic rings. The molecular formula is C11H13ClO2S. The van der Waals surface area contributed by atoms with Crippen LogP contribution in [0, 0.1) is 5.92 Å². The molecule has 2 rings (SSSR count). The van der Waals surface area contributed by atoms with Crippen molar-refractivity contribution in [3.8, 4) is 0 Å². The Bertz CT molecular complexity index is 357. The van der Waals surface area contributed by atoms with Crippen molar-refractivity contribution in [1.29, 1.82) is 0 Å². The predicted octanol–water partition coefficient (Wildman–Crippen LogP) is 3.46. The largest absolute Gasteiger partial charge is 0.469 e. The highest BCUT2D eigenvalue weighted by atomic mass is 35.5. The number of carbonyl (C=O) groups is 1. The molecule has 4 heteroatoms. The first-order chi connectivity index (χ1) is 7.20. The maximum atomic E-state index is 11.3. The number of hydrogen-bond donors (Lipinski definition) is 0. The Morgan fingerprint density at radius 3 is 2.87 bits per heavy atom. The van der Waals surface area contributed by atoms with E-state index in [4.69, 9.17) is 16.3 Å². The van der Waals surface area contributed by atoms with Gasteiger partial charge in [-0.1, -0.05) is 11.6 Å². The van der Waals surface area contributed by atoms with Crippen LogP contribution in [-0.4, -0.2) is 13.1 Å². The zero-order valence-corrected chi connectivity index (χ0v) is 10.1. The lowest BCUT2D eigenvalue weighted by atomic mass is 9.98. The molecule has 0 saturated heterocycles. The van der Waals surface area contributed by atoms with Crippen LogP contribution in [0.15, 0.2) is 12.1 Å². The molecule has 1 heterocycles. The van der Waals surface area contributed by atoms with Gasteiger partial charge < -0.3 is 4.74 Å². The summed E-state index contributed by atoms with van der Waals surface area (Å²) in [6.07, 6.45) is 2.92. The van der Waals surface area contributed by atoms with E-state index in [9.17, 15) is 4.79 Å². The van der Waals surface area contributed by atoms with Crippen molar-refractivity contribution in [3.63, 3.8) is 0 Å². The lowest BCUT2D eigenvalue weighted by molar-refractivity contribution is -0.141. The van der Waals surface area contributed by atoms with Crippen LogP contribution in [0.3, 0.4) is 0 Å². The summed E-state index contributed by atoms with van der Waals surface area (Å²) in [5, 5.41) is 0. The third kappa shape index (κ3) is 2.73. The van der Waals surface area contributed by atoms with E-state index in [-0.39, 0.29) is 5.97 Å². The maximum Gasteiger partial charge on any atom is 0.306 e. The van der Waals surface area contributed by atoms with E-state index in [2.05, 4.69) is 0 Å². The van der Waals surface area contributed by atoms with E-state index in [1.54, 1.807) is 11.3 Å². The Hall–Kier alpha value is -0.540. The van der Waals surface area contributed by atoms with Gasteiger partial charge in [-0.3, -0.25) is 4.79 Å². The van der Waals surface area contributed by atoms with Crippen LogP contribution in [0.25, 0.3) is 0 Å². The van der Waals surface area contributed by atoms with Gasteiger partial charge in [-0.25, -0.2) is 0 Å². The van der Waals surface area contributed by atoms with Gasteiger partial charge in [0.1, 0.15) is 0 Å². The number of esters is 1. The summed E-state index contributed by atoms with van der Waals surface area (Å²) in [7, 11) is 1.44. The minimum absolute atomic E-state index is 0.128. The average molecular weight is 245 g/mol. The van der Waals surface area contributed by atoms with Gasteiger partial charge in [-0.05, 0) is 30.9 Å². The zero-order chi connectivity index (χ0) is 10.8. The minimum Gasteiger partial charge on any atom is -0.469 e. The molecule has 0 spiro atoms. The lowest BCUT2D eigenvalue weighted by Crippen LogP contribution is -2.09. The second kappa shape index (κ2) is 4.54. The second-order valence-corrected chi connectivity index (χ2v) is 5.61. The normalized spacial score (nSPS) is 17.5. The van der Waals surface area contributed by atoms with E-state index in [1.807, 2.05) is 12.1 Å². The molecule has 1 aliphatic carbocycles. The summed E-state index contributed by atoms with van der Waals surface area (Å²) in [6.45, 7) is 0. The van der Waals surface area contributed by atoms with E-state index in [0.29, 0.717) is 18.3 Å². The molecule has 1 saturated carbocycles. The van der Waals surface area contributed by atoms with Crippen LogP contribution < -0.4 is 0 Å². The first-order valence-electron chi connectivity index (χ1n) is 5.02. The molecule has 0 radical (unpaired) electrons. The SMILES string of the molecule is COC(=O)CC(c1ccc(Cl)s1)C1CC1. The first-order valence-corrected chi connectivity index (χ1v) is 6.22. The Morgan fingerprint density at radius 1 is 1.67 bits per heavy atom. The van der Waals surface area contributed by atoms with E-state index >= 15 is 0 Å². The molecule has 82 valence electrons. The molecule has 15 heavy (non-hydrogen) atoms. The molecule has 0 aromatic carbocycles. The maximum absolute atomic E-state index is 11.3. The summed E-state index contributed by atoms with van der Waals surface area (Å²) in [5.41, 5.74) is 0. The summed E-state index contributed by atoms with van der Waals surface area (Å²) >= 11 is 7.48. The molecule has 1 unspecified atom stereocenters. The fourth-order valence-electron chi connectivity index (χ4n) is 1.79. The summed E-state index contributed by atoms with van der Waals surface area (Å²) in [6, 6.07) is 3.92. The van der Waals surface area contributed by atoms with Gasteiger partial charge in [0.15, 0.2) is 0 Å². The fraction of sp³-hybridized carbons (Fsp3) is 0.545. The van der Waals surface area contributed by atoms with Gasteiger partial charge in [0.05, 0.1) is 17.9 Å². The zero-order valence-electron chi connectivity index (χ0n) is 8.53. The highest BCUT2D eigenvalue weighted by Gasteiger charge is 2.34. The summed E-state index contributed by atoms with van der Waals surface area (Å²) in [5.74, 6) is 0.838. The van der Waals surface area contributed by atoms with Crippen molar-refractivity contribution in [2.45, 2.75) is 25.2 Å². The number of halogens is 1. The van der Waals surface area contributed by atoms with Crippen molar-refractivity contribution >= 4 is 28.9 Å². The molecule has 0 aliphatic heterocycles. The number of hydrogen-bond acceptors (Lipinski definition) is 3. The van der Waals surface area contributed by atoms with Crippen molar-refractivity contribution < 1.29 is 9.53 Å². The Morgan fingerprint density at radius 2 is 2.40 bits per heavy atom. The topological polar surface area (TPSA) is 26.3 Å². The van der Waals surface area contributed by atoms with Gasteiger partial charge in [-0.15, -0.1) is 11.3 Å². The molecule has 1 fully saturated rings. The molecular weight excluding hydrogens is 232 g/mol. The third-order valence-corrected chi connectivity index (χ3v) is 4.13. The van der Waals surface area contributed by atoms with Gasteiger partial charge in [0.25, 0.3) is 0 Å². The van der Waals surface area contributed by atoms with Gasteiger partial charge in [-0.2, -0.15) is 0 Å². The molecule has 1 aromatic heterocycles. The van der Waals surface area contributed by atoms with Crippen molar-refractivity contribution in [2.75, 3.05) is 7.11 Å². The van der Waals surface area contributed by atoms with Crippen molar-refractivity contribution in [1.82, 2.24) is 0 Å². The predicted molar refractivity (Wildman–Crippen MR) is 61.4 cm³/mol. The van der Waals surface area contributed by atoms with Crippen LogP contribution in [0.1, 0.15) is 30.1 Å². The standard InChI is InChI=1S/C11H13ClO2S/c1-14-11(13)6-8(7-2-3-7)9-4-5-10(12)15-9/h4-5,7-8H,2-3,6H2,1H3. The van der Waals surface area contributed by atoms with Crippen LogP contribution in [0.5, 0.6) is 0 Å². The van der Waals surface area contributed by atoms with Crippen molar-refractivity contribution in [3.05, 3.63) is 21.3 Å². The number of thiophene rings is 1. The molecule has 1 atom stereocenters. The molecule has 2 nitrogen and oxygen atoms in total. The van der Waals surface area contributed by atoms with Gasteiger partial charge in [0.2, 0.25) is 0 Å². The highest BCUT2D eigenvalue weighted by Crippen LogP contribution is 2.46. The summed E-state index contributed by atoms with van der Waals surface area (Å²) < 4.78 is 5.51. The van der Waals surface area contributed by atoms with E-state index in [0.717, 1.165) is 4.34 Å². The molecule has 0 N–H and O–H groups in total. The number of carbonyl (C=O) groups excluding carboxylic acids is 1. The Labute approximate surface area is 98.2 Å². The van der Waals surface area contributed by atoms with Crippen molar-refractivity contribution in [2.24, 2.45) is 5.92 Å². The van der Waals surface area contributed by atoms with E-state index in [1.165, 1.54) is 24.8 Å². The number of ether oxygens (including phenoxy) is 1. The fourth-order valence-corrected chi connectivity index (χ4v) is 3.04. The Balaban J connectivity index is 2.09. The average Bonchev–Trinajstić information content (AvgIpc) is 2.97. The minimum atomic E-state index is -0.128. The van der Waals surface area contributed by atoms with Crippen LogP contribution in [0.4, 0.5) is 0 Å². The number of rotatable bonds is 4. The van der Waals surface area contributed by atoms with Crippen LogP contribution >= 0.6 is 22.9 Å². The highest BCUT2D eigenvalue weighted by molar-refractivity contribution is 7.16.